The highest BCUT2D eigenvalue weighted by atomic mass is 19.0. The molecule has 0 atom stereocenters. The summed E-state index contributed by atoms with van der Waals surface area (Å²) in [6, 6.07) is 16.6. The fourth-order valence-corrected chi connectivity index (χ4v) is 1.57. The number of ketones is 1. The van der Waals surface area contributed by atoms with Crippen LogP contribution in [0.5, 0.6) is 0 Å². The highest BCUT2D eigenvalue weighted by Gasteiger charge is 1.99. The number of hydrogen-bond acceptors (Lipinski definition) is 2. The zero-order valence-electron chi connectivity index (χ0n) is 13.7. The third-order valence-corrected chi connectivity index (χ3v) is 3.06. The molecule has 0 saturated heterocycles. The Balaban J connectivity index is 0. The zero-order valence-corrected chi connectivity index (χ0v) is 13.7. The SMILES string of the molecule is CCC(C)=O.Cc1ccccc1Nc1ccccc1C.F.[B]. The average molecular weight is 300 g/mol. The van der Waals surface area contributed by atoms with Crippen LogP contribution in [-0.2, 0) is 4.79 Å². The zero-order chi connectivity index (χ0) is 15.0. The Bertz CT molecular complexity index is 529. The number of nitrogens with one attached hydrogen (secondary N) is 1. The predicted octanol–water partition coefficient (Wildman–Crippen LogP) is 4.80. The van der Waals surface area contributed by atoms with E-state index >= 15 is 0 Å². The number of para-hydroxylation sites is 2. The quantitative estimate of drug-likeness (QED) is 0.825. The Morgan fingerprint density at radius 3 is 1.50 bits per heavy atom. The van der Waals surface area contributed by atoms with Gasteiger partial charge in [-0.15, -0.1) is 0 Å². The number of aryl methyl sites for hydroxylation is 2. The van der Waals surface area contributed by atoms with Crippen LogP contribution in [0.25, 0.3) is 0 Å². The lowest BCUT2D eigenvalue weighted by Crippen LogP contribution is -1.94. The third kappa shape index (κ3) is 7.62. The van der Waals surface area contributed by atoms with Gasteiger partial charge in [0.05, 0.1) is 0 Å². The molecule has 0 amide bonds. The maximum atomic E-state index is 9.81. The van der Waals surface area contributed by atoms with E-state index in [0.717, 1.165) is 0 Å². The van der Waals surface area contributed by atoms with Crippen LogP contribution in [0.2, 0.25) is 0 Å². The number of halogens is 1. The molecule has 2 nitrogen and oxygen atoms in total. The van der Waals surface area contributed by atoms with E-state index in [1.54, 1.807) is 6.92 Å². The third-order valence-electron chi connectivity index (χ3n) is 3.06. The van der Waals surface area contributed by atoms with Crippen molar-refractivity contribution < 1.29 is 9.50 Å². The standard InChI is InChI=1S/C14H15N.C4H8O.B.FH/c1-11-7-3-5-9-13(11)15-14-10-6-4-8-12(14)2;1-3-4(2)5;;/h3-10,15H,1-2H3;3H2,1-2H3;;1H. The Labute approximate surface area is 134 Å². The van der Waals surface area contributed by atoms with Gasteiger partial charge in [0.2, 0.25) is 0 Å². The molecular formula is C18H24BFNO. The molecule has 2 aromatic carbocycles. The molecule has 0 spiro atoms. The van der Waals surface area contributed by atoms with Crippen LogP contribution in [-0.4, -0.2) is 14.2 Å². The number of anilines is 2. The molecule has 0 aromatic heterocycles. The summed E-state index contributed by atoms with van der Waals surface area (Å²) >= 11 is 0. The molecule has 2 rings (SSSR count). The summed E-state index contributed by atoms with van der Waals surface area (Å²) in [6.07, 6.45) is 0.667. The predicted molar refractivity (Wildman–Crippen MR) is 94.9 cm³/mol. The smallest absolute Gasteiger partial charge is 0.129 e. The second kappa shape index (κ2) is 11.6. The summed E-state index contributed by atoms with van der Waals surface area (Å²) in [5.74, 6) is 0.255. The van der Waals surface area contributed by atoms with E-state index in [2.05, 4.69) is 55.6 Å². The van der Waals surface area contributed by atoms with Crippen molar-refractivity contribution in [1.29, 1.82) is 0 Å². The largest absolute Gasteiger partial charge is 0.355 e. The summed E-state index contributed by atoms with van der Waals surface area (Å²) in [4.78, 5) is 9.81. The molecular weight excluding hydrogens is 276 g/mol. The molecule has 0 aliphatic heterocycles. The van der Waals surface area contributed by atoms with Crippen LogP contribution < -0.4 is 5.32 Å². The lowest BCUT2D eigenvalue weighted by atomic mass is 10.1. The van der Waals surface area contributed by atoms with Gasteiger partial charge in [-0.3, -0.25) is 4.70 Å². The topological polar surface area (TPSA) is 29.1 Å². The fraction of sp³-hybridized carbons (Fsp3) is 0.278. The second-order valence-electron chi connectivity index (χ2n) is 4.81. The van der Waals surface area contributed by atoms with Gasteiger partial charge in [-0.25, -0.2) is 0 Å². The molecule has 0 fully saturated rings. The van der Waals surface area contributed by atoms with Crippen molar-refractivity contribution in [2.75, 3.05) is 5.32 Å². The van der Waals surface area contributed by atoms with Gasteiger partial charge in [0.15, 0.2) is 0 Å². The van der Waals surface area contributed by atoms with E-state index in [0.29, 0.717) is 6.42 Å². The van der Waals surface area contributed by atoms with Gasteiger partial charge in [0, 0.05) is 26.2 Å². The molecule has 0 aliphatic carbocycles. The number of carbonyl (C=O) groups is 1. The van der Waals surface area contributed by atoms with Gasteiger partial charge in [-0.05, 0) is 44.0 Å². The molecule has 0 unspecified atom stereocenters. The summed E-state index contributed by atoms with van der Waals surface area (Å²) < 4.78 is 0. The minimum Gasteiger partial charge on any atom is -0.355 e. The highest BCUT2D eigenvalue weighted by molar-refractivity contribution is 5.75. The Kier molecular flexibility index (Phi) is 11.7. The van der Waals surface area contributed by atoms with Gasteiger partial charge in [0.25, 0.3) is 0 Å². The lowest BCUT2D eigenvalue weighted by molar-refractivity contribution is -0.116. The molecule has 2 aromatic rings. The Morgan fingerprint density at radius 2 is 1.23 bits per heavy atom. The number of Topliss-reactive ketones (excluding diaryl/α,β-unsaturated/α-hetero) is 1. The average Bonchev–Trinajstić information content (AvgIpc) is 2.44. The van der Waals surface area contributed by atoms with Gasteiger partial charge >= 0.3 is 0 Å². The van der Waals surface area contributed by atoms with Crippen molar-refractivity contribution in [3.63, 3.8) is 0 Å². The number of benzene rings is 2. The van der Waals surface area contributed by atoms with Gasteiger partial charge in [-0.1, -0.05) is 43.3 Å². The maximum absolute atomic E-state index is 9.81. The minimum absolute atomic E-state index is 0. The second-order valence-corrected chi connectivity index (χ2v) is 4.81. The fourth-order valence-electron chi connectivity index (χ4n) is 1.57. The van der Waals surface area contributed by atoms with Gasteiger partial charge in [-0.2, -0.15) is 0 Å². The van der Waals surface area contributed by atoms with Crippen molar-refractivity contribution in [2.45, 2.75) is 34.1 Å². The summed E-state index contributed by atoms with van der Waals surface area (Å²) in [7, 11) is 0. The molecule has 1 N–H and O–H groups in total. The molecule has 3 radical (unpaired) electrons. The van der Waals surface area contributed by atoms with Gasteiger partial charge < -0.3 is 10.1 Å². The number of carbonyl (C=O) groups excluding carboxylic acids is 1. The molecule has 4 heteroatoms. The van der Waals surface area contributed by atoms with E-state index < -0.39 is 0 Å². The van der Waals surface area contributed by atoms with E-state index in [1.165, 1.54) is 22.5 Å². The summed E-state index contributed by atoms with van der Waals surface area (Å²) in [5, 5.41) is 3.44. The van der Waals surface area contributed by atoms with Crippen molar-refractivity contribution in [1.82, 2.24) is 0 Å². The molecule has 117 valence electrons. The molecule has 22 heavy (non-hydrogen) atoms. The maximum Gasteiger partial charge on any atom is 0.129 e. The van der Waals surface area contributed by atoms with Crippen molar-refractivity contribution in [2.24, 2.45) is 0 Å². The van der Waals surface area contributed by atoms with Crippen molar-refractivity contribution >= 4 is 25.6 Å². The van der Waals surface area contributed by atoms with Crippen molar-refractivity contribution in [3.05, 3.63) is 59.7 Å². The Morgan fingerprint density at radius 1 is 0.909 bits per heavy atom. The monoisotopic (exact) mass is 300 g/mol. The molecule has 0 bridgehead atoms. The van der Waals surface area contributed by atoms with Crippen LogP contribution in [0.1, 0.15) is 31.4 Å². The van der Waals surface area contributed by atoms with E-state index in [1.807, 2.05) is 19.1 Å². The van der Waals surface area contributed by atoms with Crippen LogP contribution in [0, 0.1) is 13.8 Å². The van der Waals surface area contributed by atoms with E-state index in [9.17, 15) is 4.79 Å². The normalized spacial score (nSPS) is 8.55. The minimum atomic E-state index is 0. The van der Waals surface area contributed by atoms with Crippen LogP contribution in [0.3, 0.4) is 0 Å². The van der Waals surface area contributed by atoms with Crippen LogP contribution in [0.15, 0.2) is 48.5 Å². The van der Waals surface area contributed by atoms with E-state index in [-0.39, 0.29) is 18.9 Å². The van der Waals surface area contributed by atoms with E-state index in [4.69, 9.17) is 0 Å². The van der Waals surface area contributed by atoms with Crippen molar-refractivity contribution in [3.8, 4) is 0 Å². The van der Waals surface area contributed by atoms with Crippen LogP contribution >= 0.6 is 0 Å². The molecule has 0 heterocycles. The summed E-state index contributed by atoms with van der Waals surface area (Å²) in [5.41, 5.74) is 4.88. The number of rotatable bonds is 3. The highest BCUT2D eigenvalue weighted by Crippen LogP contribution is 2.22. The van der Waals surface area contributed by atoms with Crippen LogP contribution in [0.4, 0.5) is 16.1 Å². The molecule has 0 saturated carbocycles. The number of hydrogen-bond donors (Lipinski definition) is 1. The first-order valence-corrected chi connectivity index (χ1v) is 6.92. The lowest BCUT2D eigenvalue weighted by Gasteiger charge is -2.11. The first-order chi connectivity index (χ1) is 9.54. The molecule has 0 aliphatic rings. The Hall–Kier alpha value is -2.10. The first kappa shape index (κ1) is 22.2. The first-order valence-electron chi connectivity index (χ1n) is 6.92. The van der Waals surface area contributed by atoms with Gasteiger partial charge in [0.1, 0.15) is 5.78 Å². The summed E-state index contributed by atoms with van der Waals surface area (Å²) in [6.45, 7) is 7.66.